The number of amides is 1. The Kier molecular flexibility index (Phi) is 4.88. The fourth-order valence-electron chi connectivity index (χ4n) is 6.51. The summed E-state index contributed by atoms with van der Waals surface area (Å²) in [6, 6.07) is 14.9. The van der Waals surface area contributed by atoms with Gasteiger partial charge < -0.3 is 4.74 Å². The molecule has 2 fully saturated rings. The number of fused-ring (bicyclic) bond motifs is 5. The number of hydrogen-bond acceptors (Lipinski definition) is 3. The molecule has 0 aromatic heterocycles. The van der Waals surface area contributed by atoms with E-state index in [1.165, 1.54) is 49.7 Å². The standard InChI is InChI=1S/C26H29NO3/c1-26-14-5-8-23(26)22-12-9-17-16-18(10-11-20(17)21(22)13-15-26)24(28)30-25(29)27-19-6-3-2-4-7-19/h2-4,6-7,10-11,16,21-23H,5,8-9,12-15H2,1H3,(H,27,29)/t21-,22-,23+,26+/m1/s1. The first-order valence-corrected chi connectivity index (χ1v) is 11.2. The minimum absolute atomic E-state index is 0.455. The van der Waals surface area contributed by atoms with Crippen LogP contribution in [0.4, 0.5) is 10.5 Å². The monoisotopic (exact) mass is 403 g/mol. The molecule has 3 aliphatic rings. The Morgan fingerprint density at radius 2 is 1.87 bits per heavy atom. The van der Waals surface area contributed by atoms with Crippen LogP contribution in [0.1, 0.15) is 72.9 Å². The van der Waals surface area contributed by atoms with E-state index in [1.54, 1.807) is 12.1 Å². The molecule has 156 valence electrons. The van der Waals surface area contributed by atoms with Gasteiger partial charge in [-0.1, -0.05) is 37.6 Å². The van der Waals surface area contributed by atoms with Crippen molar-refractivity contribution in [2.75, 3.05) is 5.32 Å². The number of para-hydroxylation sites is 1. The minimum atomic E-state index is -0.753. The highest BCUT2D eigenvalue weighted by Gasteiger charge is 2.50. The van der Waals surface area contributed by atoms with Crippen LogP contribution in [0.25, 0.3) is 0 Å². The molecule has 1 amide bonds. The molecule has 0 heterocycles. The number of benzene rings is 2. The molecule has 4 atom stereocenters. The van der Waals surface area contributed by atoms with Gasteiger partial charge in [0.1, 0.15) is 0 Å². The fourth-order valence-corrected chi connectivity index (χ4v) is 6.51. The molecule has 0 unspecified atom stereocenters. The number of esters is 1. The third-order valence-electron chi connectivity index (χ3n) is 7.95. The molecule has 0 radical (unpaired) electrons. The van der Waals surface area contributed by atoms with Crippen molar-refractivity contribution in [1.82, 2.24) is 0 Å². The molecule has 4 nitrogen and oxygen atoms in total. The van der Waals surface area contributed by atoms with Crippen molar-refractivity contribution in [1.29, 1.82) is 0 Å². The Bertz CT molecular complexity index is 969. The molecule has 5 rings (SSSR count). The lowest BCUT2D eigenvalue weighted by atomic mass is 9.56. The van der Waals surface area contributed by atoms with Gasteiger partial charge in [0.05, 0.1) is 5.56 Å². The Morgan fingerprint density at radius 3 is 2.70 bits per heavy atom. The van der Waals surface area contributed by atoms with Crippen molar-refractivity contribution in [2.24, 2.45) is 17.3 Å². The molecule has 0 saturated heterocycles. The normalized spacial score (nSPS) is 29.3. The highest BCUT2D eigenvalue weighted by molar-refractivity contribution is 6.00. The number of carbonyl (C=O) groups excluding carboxylic acids is 2. The van der Waals surface area contributed by atoms with Crippen molar-refractivity contribution >= 4 is 17.7 Å². The lowest BCUT2D eigenvalue weighted by Crippen LogP contribution is -2.39. The number of hydrogen-bond donors (Lipinski definition) is 1. The summed E-state index contributed by atoms with van der Waals surface area (Å²) in [6.45, 7) is 2.51. The van der Waals surface area contributed by atoms with E-state index in [1.807, 2.05) is 30.3 Å². The molecular weight excluding hydrogens is 374 g/mol. The predicted molar refractivity (Wildman–Crippen MR) is 117 cm³/mol. The smallest absolute Gasteiger partial charge is 0.372 e. The number of nitrogens with one attached hydrogen (secondary N) is 1. The SMILES string of the molecule is C[C@@]12CCC[C@H]1[C@@H]1CCc3cc(C(=O)OC(=O)Nc4ccccc4)ccc3[C@H]1CC2. The summed E-state index contributed by atoms with van der Waals surface area (Å²) in [7, 11) is 0. The maximum atomic E-state index is 12.5. The van der Waals surface area contributed by atoms with Crippen LogP contribution in [0.15, 0.2) is 48.5 Å². The molecule has 30 heavy (non-hydrogen) atoms. The molecule has 4 heteroatoms. The van der Waals surface area contributed by atoms with Crippen molar-refractivity contribution in [3.63, 3.8) is 0 Å². The first kappa shape index (κ1) is 19.3. The van der Waals surface area contributed by atoms with Gasteiger partial charge in [-0.05, 0) is 97.1 Å². The van der Waals surface area contributed by atoms with Crippen LogP contribution in [0.5, 0.6) is 0 Å². The van der Waals surface area contributed by atoms with Crippen molar-refractivity contribution in [3.8, 4) is 0 Å². The first-order valence-electron chi connectivity index (χ1n) is 11.2. The van der Waals surface area contributed by atoms with Crippen LogP contribution in [0, 0.1) is 17.3 Å². The zero-order valence-electron chi connectivity index (χ0n) is 17.5. The van der Waals surface area contributed by atoms with Gasteiger partial charge in [0.2, 0.25) is 0 Å². The van der Waals surface area contributed by atoms with Crippen LogP contribution in [0.3, 0.4) is 0 Å². The quantitative estimate of drug-likeness (QED) is 0.471. The van der Waals surface area contributed by atoms with Crippen LogP contribution in [-0.2, 0) is 11.2 Å². The molecular formula is C26H29NO3. The first-order chi connectivity index (χ1) is 14.5. The third kappa shape index (κ3) is 3.42. The highest BCUT2D eigenvalue weighted by atomic mass is 16.6. The molecule has 2 aromatic rings. The van der Waals surface area contributed by atoms with E-state index in [2.05, 4.69) is 18.3 Å². The largest absolute Gasteiger partial charge is 0.419 e. The predicted octanol–water partition coefficient (Wildman–Crippen LogP) is 6.32. The summed E-state index contributed by atoms with van der Waals surface area (Å²) in [5.41, 5.74) is 4.29. The fraction of sp³-hybridized carbons (Fsp3) is 0.462. The summed E-state index contributed by atoms with van der Waals surface area (Å²) in [5.74, 6) is 1.67. The second-order valence-electron chi connectivity index (χ2n) is 9.58. The molecule has 1 N–H and O–H groups in total. The maximum absolute atomic E-state index is 12.5. The summed E-state index contributed by atoms with van der Waals surface area (Å²) in [4.78, 5) is 24.6. The second-order valence-corrected chi connectivity index (χ2v) is 9.58. The zero-order valence-corrected chi connectivity index (χ0v) is 17.5. The summed E-state index contributed by atoms with van der Waals surface area (Å²) in [5, 5.41) is 2.58. The lowest BCUT2D eigenvalue weighted by molar-refractivity contribution is 0.0596. The molecule has 2 saturated carbocycles. The number of aryl methyl sites for hydroxylation is 1. The van der Waals surface area contributed by atoms with Crippen LogP contribution in [-0.4, -0.2) is 12.1 Å². The van der Waals surface area contributed by atoms with Crippen LogP contribution >= 0.6 is 0 Å². The number of ether oxygens (including phenoxy) is 1. The van der Waals surface area contributed by atoms with Crippen LogP contribution in [0.2, 0.25) is 0 Å². The van der Waals surface area contributed by atoms with Gasteiger partial charge in [0.15, 0.2) is 0 Å². The van der Waals surface area contributed by atoms with Crippen molar-refractivity contribution < 1.29 is 14.3 Å². The third-order valence-corrected chi connectivity index (χ3v) is 7.95. The van der Waals surface area contributed by atoms with E-state index >= 15 is 0 Å². The average Bonchev–Trinajstić information content (AvgIpc) is 3.15. The summed E-state index contributed by atoms with van der Waals surface area (Å²) < 4.78 is 5.02. The Hall–Kier alpha value is -2.62. The summed E-state index contributed by atoms with van der Waals surface area (Å²) in [6.07, 6.45) is 8.21. The summed E-state index contributed by atoms with van der Waals surface area (Å²) >= 11 is 0. The van der Waals surface area contributed by atoms with E-state index < -0.39 is 12.1 Å². The Morgan fingerprint density at radius 1 is 1.03 bits per heavy atom. The van der Waals surface area contributed by atoms with E-state index in [-0.39, 0.29) is 0 Å². The van der Waals surface area contributed by atoms with Gasteiger partial charge in [-0.15, -0.1) is 0 Å². The van der Waals surface area contributed by atoms with Crippen molar-refractivity contribution in [3.05, 3.63) is 65.2 Å². The molecule has 0 aliphatic heterocycles. The van der Waals surface area contributed by atoms with Gasteiger partial charge in [0, 0.05) is 5.69 Å². The van der Waals surface area contributed by atoms with E-state index in [9.17, 15) is 9.59 Å². The Balaban J connectivity index is 1.29. The van der Waals surface area contributed by atoms with Gasteiger partial charge in [-0.3, -0.25) is 5.32 Å². The second kappa shape index (κ2) is 7.57. The van der Waals surface area contributed by atoms with Gasteiger partial charge in [-0.2, -0.15) is 0 Å². The molecule has 0 spiro atoms. The van der Waals surface area contributed by atoms with Gasteiger partial charge in [0.25, 0.3) is 0 Å². The maximum Gasteiger partial charge on any atom is 0.419 e. The Labute approximate surface area is 178 Å². The topological polar surface area (TPSA) is 55.4 Å². The number of anilines is 1. The lowest BCUT2D eigenvalue weighted by Gasteiger charge is -2.49. The average molecular weight is 404 g/mol. The molecule has 0 bridgehead atoms. The zero-order chi connectivity index (χ0) is 20.7. The van der Waals surface area contributed by atoms with Gasteiger partial charge in [-0.25, -0.2) is 9.59 Å². The van der Waals surface area contributed by atoms with E-state index in [0.717, 1.165) is 18.3 Å². The number of rotatable bonds is 2. The van der Waals surface area contributed by atoms with E-state index in [4.69, 9.17) is 4.74 Å². The number of carbonyl (C=O) groups is 2. The van der Waals surface area contributed by atoms with Gasteiger partial charge >= 0.3 is 12.1 Å². The molecule has 2 aromatic carbocycles. The van der Waals surface area contributed by atoms with Crippen molar-refractivity contribution in [2.45, 2.75) is 57.8 Å². The molecule has 3 aliphatic carbocycles. The highest BCUT2D eigenvalue weighted by Crippen LogP contribution is 2.60. The van der Waals surface area contributed by atoms with Crippen LogP contribution < -0.4 is 5.32 Å². The van der Waals surface area contributed by atoms with E-state index in [0.29, 0.717) is 22.6 Å². The minimum Gasteiger partial charge on any atom is -0.372 e.